The lowest BCUT2D eigenvalue weighted by Gasteiger charge is -2.06. The highest BCUT2D eigenvalue weighted by Gasteiger charge is 2.01. The van der Waals surface area contributed by atoms with Gasteiger partial charge < -0.3 is 11.5 Å². The monoisotopic (exact) mass is 182 g/mol. The van der Waals surface area contributed by atoms with E-state index in [0.717, 1.165) is 24.0 Å². The first-order valence-electron chi connectivity index (χ1n) is 4.45. The molecule has 4 N–H and O–H groups in total. The van der Waals surface area contributed by atoms with E-state index in [2.05, 4.69) is 0 Å². The van der Waals surface area contributed by atoms with Gasteiger partial charge in [0.05, 0.1) is 0 Å². The van der Waals surface area contributed by atoms with Crippen molar-refractivity contribution < 1.29 is 4.39 Å². The molecule has 0 heterocycles. The van der Waals surface area contributed by atoms with E-state index in [-0.39, 0.29) is 5.82 Å². The number of rotatable bonds is 4. The Kier molecular flexibility index (Phi) is 3.86. The quantitative estimate of drug-likeness (QED) is 0.734. The molecule has 1 rings (SSSR count). The van der Waals surface area contributed by atoms with Crippen molar-refractivity contribution in [3.05, 3.63) is 35.1 Å². The molecule has 1 aromatic rings. The molecule has 1 aromatic carbocycles. The summed E-state index contributed by atoms with van der Waals surface area (Å²) < 4.78 is 12.8. The average molecular weight is 182 g/mol. The van der Waals surface area contributed by atoms with Gasteiger partial charge in [0.15, 0.2) is 0 Å². The number of aryl methyl sites for hydroxylation is 1. The Balaban J connectivity index is 2.79. The Hall–Kier alpha value is -0.930. The van der Waals surface area contributed by atoms with Gasteiger partial charge in [-0.1, -0.05) is 6.07 Å². The summed E-state index contributed by atoms with van der Waals surface area (Å²) in [5.41, 5.74) is 12.9. The van der Waals surface area contributed by atoms with E-state index in [1.54, 1.807) is 6.07 Å². The first-order valence-corrected chi connectivity index (χ1v) is 4.45. The van der Waals surface area contributed by atoms with Crippen LogP contribution in [0.1, 0.15) is 17.5 Å². The van der Waals surface area contributed by atoms with Crippen LogP contribution in [0.2, 0.25) is 0 Å². The molecule has 0 spiro atoms. The molecule has 0 saturated heterocycles. The predicted octanol–water partition coefficient (Wildman–Crippen LogP) is 1.18. The van der Waals surface area contributed by atoms with Crippen molar-refractivity contribution in [2.24, 2.45) is 11.5 Å². The van der Waals surface area contributed by atoms with Crippen LogP contribution >= 0.6 is 0 Å². The number of halogens is 1. The van der Waals surface area contributed by atoms with Gasteiger partial charge in [-0.15, -0.1) is 0 Å². The molecule has 0 radical (unpaired) electrons. The standard InChI is InChI=1S/C10H15FN2/c11-10-4-3-8(2-1-5-12)9(6-10)7-13/h3-4,6H,1-2,5,7,12-13H2. The molecule has 2 nitrogen and oxygen atoms in total. The van der Waals surface area contributed by atoms with Crippen molar-refractivity contribution in [3.63, 3.8) is 0 Å². The molecule has 0 aliphatic heterocycles. The van der Waals surface area contributed by atoms with E-state index in [1.807, 2.05) is 0 Å². The Morgan fingerprint density at radius 3 is 2.54 bits per heavy atom. The lowest BCUT2D eigenvalue weighted by Crippen LogP contribution is -2.05. The van der Waals surface area contributed by atoms with E-state index in [9.17, 15) is 4.39 Å². The second-order valence-electron chi connectivity index (χ2n) is 3.01. The van der Waals surface area contributed by atoms with Crippen molar-refractivity contribution >= 4 is 0 Å². The largest absolute Gasteiger partial charge is 0.330 e. The van der Waals surface area contributed by atoms with Crippen LogP contribution in [0.25, 0.3) is 0 Å². The van der Waals surface area contributed by atoms with E-state index in [1.165, 1.54) is 12.1 Å². The number of benzene rings is 1. The third kappa shape index (κ3) is 2.79. The third-order valence-electron chi connectivity index (χ3n) is 2.04. The highest BCUT2D eigenvalue weighted by atomic mass is 19.1. The zero-order chi connectivity index (χ0) is 9.68. The molecular formula is C10H15FN2. The normalized spacial score (nSPS) is 10.4. The zero-order valence-electron chi connectivity index (χ0n) is 7.59. The van der Waals surface area contributed by atoms with Crippen LogP contribution in [0, 0.1) is 5.82 Å². The minimum absolute atomic E-state index is 0.225. The van der Waals surface area contributed by atoms with Gasteiger partial charge in [0.2, 0.25) is 0 Å². The number of hydrogen-bond donors (Lipinski definition) is 2. The SMILES string of the molecule is NCCCc1ccc(F)cc1CN. The van der Waals surface area contributed by atoms with Crippen LogP contribution in [-0.2, 0) is 13.0 Å². The number of hydrogen-bond acceptors (Lipinski definition) is 2. The lowest BCUT2D eigenvalue weighted by atomic mass is 10.0. The van der Waals surface area contributed by atoms with Crippen LogP contribution in [0.4, 0.5) is 4.39 Å². The highest BCUT2D eigenvalue weighted by Crippen LogP contribution is 2.12. The van der Waals surface area contributed by atoms with Gasteiger partial charge in [-0.3, -0.25) is 0 Å². The van der Waals surface area contributed by atoms with Crippen molar-refractivity contribution in [2.75, 3.05) is 6.54 Å². The van der Waals surface area contributed by atoms with Gasteiger partial charge >= 0.3 is 0 Å². The molecular weight excluding hydrogens is 167 g/mol. The fourth-order valence-electron chi connectivity index (χ4n) is 1.32. The van der Waals surface area contributed by atoms with Crippen LogP contribution in [0.15, 0.2) is 18.2 Å². The van der Waals surface area contributed by atoms with E-state index in [0.29, 0.717) is 13.1 Å². The van der Waals surface area contributed by atoms with Gasteiger partial charge in [-0.25, -0.2) is 4.39 Å². The molecule has 3 heteroatoms. The molecule has 0 fully saturated rings. The summed E-state index contributed by atoms with van der Waals surface area (Å²) in [5, 5.41) is 0. The van der Waals surface area contributed by atoms with Gasteiger partial charge in [0, 0.05) is 6.54 Å². The maximum Gasteiger partial charge on any atom is 0.123 e. The molecule has 72 valence electrons. The second kappa shape index (κ2) is 4.94. The van der Waals surface area contributed by atoms with Gasteiger partial charge in [0.25, 0.3) is 0 Å². The summed E-state index contributed by atoms with van der Waals surface area (Å²) in [7, 11) is 0. The minimum Gasteiger partial charge on any atom is -0.330 e. The van der Waals surface area contributed by atoms with Crippen LogP contribution in [-0.4, -0.2) is 6.54 Å². The summed E-state index contributed by atoms with van der Waals surface area (Å²) in [4.78, 5) is 0. The molecule has 0 amide bonds. The third-order valence-corrected chi connectivity index (χ3v) is 2.04. The van der Waals surface area contributed by atoms with Crippen LogP contribution in [0.5, 0.6) is 0 Å². The Morgan fingerprint density at radius 2 is 1.92 bits per heavy atom. The Morgan fingerprint density at radius 1 is 1.15 bits per heavy atom. The summed E-state index contributed by atoms with van der Waals surface area (Å²) >= 11 is 0. The highest BCUT2D eigenvalue weighted by molar-refractivity contribution is 5.27. The zero-order valence-corrected chi connectivity index (χ0v) is 7.59. The molecule has 0 aliphatic carbocycles. The number of nitrogens with two attached hydrogens (primary N) is 2. The molecule has 0 aliphatic rings. The first-order chi connectivity index (χ1) is 6.27. The Labute approximate surface area is 77.7 Å². The maximum absolute atomic E-state index is 12.8. The smallest absolute Gasteiger partial charge is 0.123 e. The Bertz CT molecular complexity index is 274. The van der Waals surface area contributed by atoms with Crippen LogP contribution in [0.3, 0.4) is 0 Å². The summed E-state index contributed by atoms with van der Waals surface area (Å²) in [5.74, 6) is -0.225. The van der Waals surface area contributed by atoms with Crippen molar-refractivity contribution in [2.45, 2.75) is 19.4 Å². The summed E-state index contributed by atoms with van der Waals surface area (Å²) in [6, 6.07) is 4.74. The van der Waals surface area contributed by atoms with Crippen molar-refractivity contribution in [1.82, 2.24) is 0 Å². The van der Waals surface area contributed by atoms with Gasteiger partial charge in [-0.05, 0) is 42.6 Å². The predicted molar refractivity (Wildman–Crippen MR) is 51.7 cm³/mol. The van der Waals surface area contributed by atoms with E-state index >= 15 is 0 Å². The summed E-state index contributed by atoms with van der Waals surface area (Å²) in [6.45, 7) is 1.04. The van der Waals surface area contributed by atoms with E-state index < -0.39 is 0 Å². The molecule has 0 bridgehead atoms. The van der Waals surface area contributed by atoms with Crippen molar-refractivity contribution in [1.29, 1.82) is 0 Å². The fraction of sp³-hybridized carbons (Fsp3) is 0.400. The first kappa shape index (κ1) is 10.2. The van der Waals surface area contributed by atoms with Crippen LogP contribution < -0.4 is 11.5 Å². The minimum atomic E-state index is -0.225. The fourth-order valence-corrected chi connectivity index (χ4v) is 1.32. The molecule has 13 heavy (non-hydrogen) atoms. The molecule has 0 unspecified atom stereocenters. The van der Waals surface area contributed by atoms with Gasteiger partial charge in [0.1, 0.15) is 5.82 Å². The lowest BCUT2D eigenvalue weighted by molar-refractivity contribution is 0.623. The topological polar surface area (TPSA) is 52.0 Å². The van der Waals surface area contributed by atoms with Gasteiger partial charge in [-0.2, -0.15) is 0 Å². The van der Waals surface area contributed by atoms with Crippen molar-refractivity contribution in [3.8, 4) is 0 Å². The molecule has 0 saturated carbocycles. The second-order valence-corrected chi connectivity index (χ2v) is 3.01. The maximum atomic E-state index is 12.8. The molecule has 0 atom stereocenters. The average Bonchev–Trinajstić information content (AvgIpc) is 2.16. The summed E-state index contributed by atoms with van der Waals surface area (Å²) in [6.07, 6.45) is 1.79. The van der Waals surface area contributed by atoms with E-state index in [4.69, 9.17) is 11.5 Å². The molecule has 0 aromatic heterocycles.